The van der Waals surface area contributed by atoms with Crippen molar-refractivity contribution in [1.82, 2.24) is 15.5 Å². The predicted molar refractivity (Wildman–Crippen MR) is 75.7 cm³/mol. The van der Waals surface area contributed by atoms with E-state index in [0.29, 0.717) is 25.9 Å². The van der Waals surface area contributed by atoms with Gasteiger partial charge in [0.2, 0.25) is 5.91 Å². The Labute approximate surface area is 124 Å². The number of amides is 3. The van der Waals surface area contributed by atoms with Crippen LogP contribution >= 0.6 is 0 Å². The Morgan fingerprint density at radius 1 is 1.24 bits per heavy atom. The Hall–Kier alpha value is -1.79. The first-order valence-corrected chi connectivity index (χ1v) is 7.41. The van der Waals surface area contributed by atoms with Gasteiger partial charge in [-0.1, -0.05) is 0 Å². The molecule has 2 fully saturated rings. The van der Waals surface area contributed by atoms with Gasteiger partial charge in [-0.2, -0.15) is 0 Å². The Morgan fingerprint density at radius 3 is 2.29 bits per heavy atom. The first kappa shape index (κ1) is 15.6. The minimum absolute atomic E-state index is 0.168. The molecule has 118 valence electrons. The lowest BCUT2D eigenvalue weighted by Crippen LogP contribution is -2.53. The van der Waals surface area contributed by atoms with E-state index in [4.69, 9.17) is 5.11 Å². The summed E-state index contributed by atoms with van der Waals surface area (Å²) in [5, 5.41) is 14.7. The normalized spacial score (nSPS) is 22.3. The van der Waals surface area contributed by atoms with Crippen LogP contribution in [0.5, 0.6) is 0 Å². The molecule has 0 bridgehead atoms. The molecular weight excluding hydrogens is 274 g/mol. The minimum Gasteiger partial charge on any atom is -0.481 e. The molecule has 2 rings (SSSR count). The fraction of sp³-hybridized carbons (Fsp3) is 0.786. The number of rotatable bonds is 4. The van der Waals surface area contributed by atoms with Gasteiger partial charge in [0.25, 0.3) is 0 Å². The van der Waals surface area contributed by atoms with Crippen LogP contribution in [-0.4, -0.2) is 53.1 Å². The molecule has 0 aromatic carbocycles. The van der Waals surface area contributed by atoms with E-state index < -0.39 is 17.4 Å². The van der Waals surface area contributed by atoms with Crippen LogP contribution in [0.4, 0.5) is 4.79 Å². The molecule has 0 radical (unpaired) electrons. The van der Waals surface area contributed by atoms with Crippen LogP contribution in [0, 0.1) is 5.41 Å². The Balaban J connectivity index is 1.78. The highest BCUT2D eigenvalue weighted by Crippen LogP contribution is 2.30. The van der Waals surface area contributed by atoms with Crippen LogP contribution in [-0.2, 0) is 9.59 Å². The zero-order valence-corrected chi connectivity index (χ0v) is 12.5. The van der Waals surface area contributed by atoms with Gasteiger partial charge in [0.05, 0.1) is 5.41 Å². The predicted octanol–water partition coefficient (Wildman–Crippen LogP) is 0.550. The fourth-order valence-corrected chi connectivity index (χ4v) is 2.31. The van der Waals surface area contributed by atoms with E-state index in [1.807, 2.05) is 0 Å². The van der Waals surface area contributed by atoms with Crippen molar-refractivity contribution in [2.45, 2.75) is 51.6 Å². The highest BCUT2D eigenvalue weighted by molar-refractivity contribution is 5.87. The van der Waals surface area contributed by atoms with Crippen LogP contribution in [0.1, 0.15) is 39.5 Å². The molecular formula is C14H23N3O4. The minimum atomic E-state index is -0.820. The fourth-order valence-electron chi connectivity index (χ4n) is 2.31. The average Bonchev–Trinajstić information content (AvgIpc) is 3.23. The van der Waals surface area contributed by atoms with Crippen molar-refractivity contribution in [3.63, 3.8) is 0 Å². The molecule has 1 unspecified atom stereocenters. The van der Waals surface area contributed by atoms with Gasteiger partial charge in [-0.3, -0.25) is 9.59 Å². The maximum absolute atomic E-state index is 12.1. The number of carbonyl (C=O) groups excluding carboxylic acids is 2. The highest BCUT2D eigenvalue weighted by Gasteiger charge is 2.38. The van der Waals surface area contributed by atoms with Crippen LogP contribution in [0.3, 0.4) is 0 Å². The van der Waals surface area contributed by atoms with Crippen LogP contribution < -0.4 is 10.6 Å². The van der Waals surface area contributed by atoms with Crippen LogP contribution in [0.25, 0.3) is 0 Å². The van der Waals surface area contributed by atoms with E-state index in [2.05, 4.69) is 10.6 Å². The Morgan fingerprint density at radius 2 is 1.81 bits per heavy atom. The monoisotopic (exact) mass is 297 g/mol. The number of likely N-dealkylation sites (tertiary alicyclic amines) is 1. The van der Waals surface area contributed by atoms with E-state index in [9.17, 15) is 14.4 Å². The molecule has 3 amide bonds. The quantitative estimate of drug-likeness (QED) is 0.705. The molecule has 0 aromatic rings. The number of carboxylic acids is 1. The zero-order chi connectivity index (χ0) is 15.6. The van der Waals surface area contributed by atoms with Gasteiger partial charge in [-0.15, -0.1) is 0 Å². The summed E-state index contributed by atoms with van der Waals surface area (Å²) in [6, 6.07) is -0.616. The summed E-state index contributed by atoms with van der Waals surface area (Å²) in [6.45, 7) is 4.15. The van der Waals surface area contributed by atoms with Gasteiger partial charge in [-0.25, -0.2) is 4.79 Å². The molecule has 21 heavy (non-hydrogen) atoms. The summed E-state index contributed by atoms with van der Waals surface area (Å²) >= 11 is 0. The van der Waals surface area contributed by atoms with Gasteiger partial charge >= 0.3 is 12.0 Å². The summed E-state index contributed by atoms with van der Waals surface area (Å²) in [7, 11) is 0. The molecule has 1 aliphatic heterocycles. The van der Waals surface area contributed by atoms with Gasteiger partial charge in [0.15, 0.2) is 0 Å². The SMILES string of the molecule is CC(NC(=O)N1CCC(C)(C(=O)O)CC1)C(=O)NC1CC1. The Bertz CT molecular complexity index is 440. The summed E-state index contributed by atoms with van der Waals surface area (Å²) in [5.41, 5.74) is -0.758. The number of carboxylic acid groups (broad SMARTS) is 1. The second-order valence-electron chi connectivity index (χ2n) is 6.31. The van der Waals surface area contributed by atoms with Crippen LogP contribution in [0.15, 0.2) is 0 Å². The summed E-state index contributed by atoms with van der Waals surface area (Å²) < 4.78 is 0. The number of piperidine rings is 1. The van der Waals surface area contributed by atoms with Gasteiger partial charge in [0, 0.05) is 19.1 Å². The third-order valence-electron chi connectivity index (χ3n) is 4.33. The highest BCUT2D eigenvalue weighted by atomic mass is 16.4. The van der Waals surface area contributed by atoms with E-state index in [0.717, 1.165) is 12.8 Å². The maximum Gasteiger partial charge on any atom is 0.318 e. The summed E-state index contributed by atoms with van der Waals surface area (Å²) in [6.07, 6.45) is 2.87. The lowest BCUT2D eigenvalue weighted by atomic mass is 9.80. The lowest BCUT2D eigenvalue weighted by Gasteiger charge is -2.36. The molecule has 2 aliphatic rings. The second-order valence-corrected chi connectivity index (χ2v) is 6.31. The first-order valence-electron chi connectivity index (χ1n) is 7.41. The third-order valence-corrected chi connectivity index (χ3v) is 4.33. The van der Waals surface area contributed by atoms with Crippen molar-refractivity contribution in [3.05, 3.63) is 0 Å². The van der Waals surface area contributed by atoms with E-state index >= 15 is 0 Å². The van der Waals surface area contributed by atoms with E-state index in [1.165, 1.54) is 0 Å². The van der Waals surface area contributed by atoms with Crippen molar-refractivity contribution in [2.24, 2.45) is 5.41 Å². The second kappa shape index (κ2) is 5.91. The van der Waals surface area contributed by atoms with E-state index in [-0.39, 0.29) is 18.0 Å². The van der Waals surface area contributed by atoms with Gasteiger partial charge in [0.1, 0.15) is 6.04 Å². The van der Waals surface area contributed by atoms with Gasteiger partial charge in [-0.05, 0) is 39.5 Å². The molecule has 7 nitrogen and oxygen atoms in total. The Kier molecular flexibility index (Phi) is 4.39. The molecule has 1 atom stereocenters. The molecule has 0 spiro atoms. The molecule has 1 heterocycles. The first-order chi connectivity index (χ1) is 9.82. The van der Waals surface area contributed by atoms with Crippen molar-refractivity contribution < 1.29 is 19.5 Å². The summed E-state index contributed by atoms with van der Waals surface area (Å²) in [5.74, 6) is -0.988. The molecule has 0 aromatic heterocycles. The summed E-state index contributed by atoms with van der Waals surface area (Å²) in [4.78, 5) is 36.6. The lowest BCUT2D eigenvalue weighted by molar-refractivity contribution is -0.150. The van der Waals surface area contributed by atoms with Crippen molar-refractivity contribution >= 4 is 17.9 Å². The molecule has 1 aliphatic carbocycles. The van der Waals surface area contributed by atoms with E-state index in [1.54, 1.807) is 18.7 Å². The number of hydrogen-bond donors (Lipinski definition) is 3. The zero-order valence-electron chi connectivity index (χ0n) is 12.5. The number of nitrogens with zero attached hydrogens (tertiary/aromatic N) is 1. The topological polar surface area (TPSA) is 98.7 Å². The number of hydrogen-bond acceptors (Lipinski definition) is 3. The molecule has 7 heteroatoms. The smallest absolute Gasteiger partial charge is 0.318 e. The average molecular weight is 297 g/mol. The molecule has 3 N–H and O–H groups in total. The molecule has 1 saturated carbocycles. The number of urea groups is 1. The standard InChI is InChI=1S/C14H23N3O4/c1-9(11(18)16-10-3-4-10)15-13(21)17-7-5-14(2,6-8-17)12(19)20/h9-10H,3-8H2,1-2H3,(H,15,21)(H,16,18)(H,19,20). The van der Waals surface area contributed by atoms with Crippen molar-refractivity contribution in [3.8, 4) is 0 Å². The number of carbonyl (C=O) groups is 3. The number of aliphatic carboxylic acids is 1. The van der Waals surface area contributed by atoms with Crippen LogP contribution in [0.2, 0.25) is 0 Å². The van der Waals surface area contributed by atoms with Gasteiger partial charge < -0.3 is 20.6 Å². The van der Waals surface area contributed by atoms with Crippen molar-refractivity contribution in [2.75, 3.05) is 13.1 Å². The molecule has 1 saturated heterocycles. The van der Waals surface area contributed by atoms with Crippen molar-refractivity contribution in [1.29, 1.82) is 0 Å². The maximum atomic E-state index is 12.1. The largest absolute Gasteiger partial charge is 0.481 e. The number of nitrogens with one attached hydrogen (secondary N) is 2. The third kappa shape index (κ3) is 3.86.